The van der Waals surface area contributed by atoms with E-state index in [1.165, 1.54) is 10.8 Å². The van der Waals surface area contributed by atoms with Crippen molar-refractivity contribution in [1.29, 1.82) is 0 Å². The molecule has 0 aliphatic carbocycles. The molecular formula is C38H30N6O2. The monoisotopic (exact) mass is 602 g/mol. The summed E-state index contributed by atoms with van der Waals surface area (Å²) < 4.78 is 7.82. The Morgan fingerprint density at radius 3 is 2.54 bits per heavy atom. The Kier molecular flexibility index (Phi) is 6.87. The minimum atomic E-state index is -0.455. The number of H-pyrrole nitrogens is 1. The minimum absolute atomic E-state index is 0.209. The van der Waals surface area contributed by atoms with E-state index in [1.807, 2.05) is 42.6 Å². The van der Waals surface area contributed by atoms with Crippen molar-refractivity contribution in [3.63, 3.8) is 0 Å². The fourth-order valence-electron chi connectivity index (χ4n) is 6.27. The van der Waals surface area contributed by atoms with Crippen molar-refractivity contribution in [3.05, 3.63) is 144 Å². The molecule has 3 aromatic heterocycles. The number of rotatable bonds is 8. The first-order chi connectivity index (χ1) is 22.6. The third-order valence-corrected chi connectivity index (χ3v) is 8.59. The molecule has 8 rings (SSSR count). The summed E-state index contributed by atoms with van der Waals surface area (Å²) in [5, 5.41) is 6.82. The van der Waals surface area contributed by atoms with Gasteiger partial charge in [-0.15, -0.1) is 0 Å². The van der Waals surface area contributed by atoms with Crippen LogP contribution in [0, 0.1) is 0 Å². The van der Waals surface area contributed by atoms with E-state index < -0.39 is 6.04 Å². The highest BCUT2D eigenvalue weighted by Crippen LogP contribution is 2.30. The zero-order valence-corrected chi connectivity index (χ0v) is 25.1. The Morgan fingerprint density at radius 1 is 0.848 bits per heavy atom. The predicted molar refractivity (Wildman–Crippen MR) is 181 cm³/mol. The van der Waals surface area contributed by atoms with Gasteiger partial charge in [0.05, 0.1) is 35.2 Å². The van der Waals surface area contributed by atoms with E-state index >= 15 is 0 Å². The van der Waals surface area contributed by atoms with Crippen molar-refractivity contribution in [2.45, 2.75) is 19.0 Å². The molecule has 1 amide bonds. The minimum Gasteiger partial charge on any atom is -0.497 e. The van der Waals surface area contributed by atoms with Gasteiger partial charge in [-0.1, -0.05) is 54.6 Å². The van der Waals surface area contributed by atoms with Crippen molar-refractivity contribution in [2.24, 2.45) is 0 Å². The molecule has 0 aliphatic rings. The van der Waals surface area contributed by atoms with Crippen LogP contribution in [0.15, 0.2) is 122 Å². The van der Waals surface area contributed by atoms with Crippen molar-refractivity contribution >= 4 is 49.6 Å². The number of nitrogens with one attached hydrogen (secondary N) is 2. The van der Waals surface area contributed by atoms with Gasteiger partial charge < -0.3 is 19.6 Å². The van der Waals surface area contributed by atoms with Crippen LogP contribution in [-0.4, -0.2) is 37.5 Å². The van der Waals surface area contributed by atoms with Crippen LogP contribution in [0.5, 0.6) is 5.75 Å². The first-order valence-electron chi connectivity index (χ1n) is 15.2. The molecule has 224 valence electrons. The molecule has 8 aromatic rings. The van der Waals surface area contributed by atoms with Crippen LogP contribution in [0.1, 0.15) is 33.4 Å². The maximum atomic E-state index is 14.0. The van der Waals surface area contributed by atoms with Gasteiger partial charge in [-0.2, -0.15) is 0 Å². The number of nitrogens with zero attached hydrogens (tertiary/aromatic N) is 4. The van der Waals surface area contributed by atoms with Crippen molar-refractivity contribution in [2.75, 3.05) is 7.11 Å². The molecule has 0 aliphatic heterocycles. The van der Waals surface area contributed by atoms with E-state index in [-0.39, 0.29) is 5.91 Å². The van der Waals surface area contributed by atoms with Gasteiger partial charge in [0.25, 0.3) is 5.91 Å². The first kappa shape index (κ1) is 27.5. The summed E-state index contributed by atoms with van der Waals surface area (Å²) in [7, 11) is 1.67. The highest BCUT2D eigenvalue weighted by Gasteiger charge is 2.25. The fourth-order valence-corrected chi connectivity index (χ4v) is 6.27. The normalized spacial score (nSPS) is 12.2. The van der Waals surface area contributed by atoms with E-state index in [4.69, 9.17) is 9.72 Å². The lowest BCUT2D eigenvalue weighted by molar-refractivity contribution is 0.0934. The number of carbonyl (C=O) groups excluding carboxylic acids is 1. The molecule has 0 spiro atoms. The molecule has 1 unspecified atom stereocenters. The quantitative estimate of drug-likeness (QED) is 0.189. The van der Waals surface area contributed by atoms with Gasteiger partial charge in [-0.05, 0) is 64.4 Å². The average Bonchev–Trinajstić information content (AvgIpc) is 3.68. The number of fused-ring (bicyclic) bond motifs is 4. The molecule has 8 heteroatoms. The summed E-state index contributed by atoms with van der Waals surface area (Å²) in [4.78, 5) is 31.3. The number of ether oxygens (including phenoxy) is 1. The van der Waals surface area contributed by atoms with Gasteiger partial charge in [-0.3, -0.25) is 14.8 Å². The van der Waals surface area contributed by atoms with Crippen LogP contribution < -0.4 is 10.1 Å². The van der Waals surface area contributed by atoms with Gasteiger partial charge in [0.2, 0.25) is 0 Å². The number of benzene rings is 5. The van der Waals surface area contributed by atoms with Crippen molar-refractivity contribution < 1.29 is 9.53 Å². The zero-order valence-electron chi connectivity index (χ0n) is 25.1. The standard InChI is InChI=1S/C38H30N6O2/c1-46-29-13-15-33-36(21-29)44(23-24-10-11-25-6-2-3-7-26(25)18-24)37(42-33)35(20-28-22-41-31-9-5-4-8-30(28)31)43-38(45)27-12-14-32-34(19-27)40-17-16-39-32/h2-19,21-22,35,41H,20,23H2,1H3,(H,43,45). The summed E-state index contributed by atoms with van der Waals surface area (Å²) in [6, 6.07) is 33.9. The number of aromatic nitrogens is 5. The molecule has 0 saturated carbocycles. The Morgan fingerprint density at radius 2 is 1.65 bits per heavy atom. The average molecular weight is 603 g/mol. The Balaban J connectivity index is 1.26. The lowest BCUT2D eigenvalue weighted by Crippen LogP contribution is -2.32. The van der Waals surface area contributed by atoms with Crippen LogP contribution >= 0.6 is 0 Å². The van der Waals surface area contributed by atoms with Gasteiger partial charge >= 0.3 is 0 Å². The SMILES string of the molecule is COc1ccc2nc(C(Cc3c[nH]c4ccccc34)NC(=O)c3ccc4nccnc4c3)n(Cc3ccc4ccccc4c3)c2c1. The van der Waals surface area contributed by atoms with E-state index in [2.05, 4.69) is 79.4 Å². The Labute approximate surface area is 264 Å². The second-order valence-corrected chi connectivity index (χ2v) is 11.4. The fraction of sp³-hybridized carbons (Fsp3) is 0.105. The third-order valence-electron chi connectivity index (χ3n) is 8.59. The maximum Gasteiger partial charge on any atom is 0.251 e. The van der Waals surface area contributed by atoms with E-state index in [1.54, 1.807) is 31.6 Å². The molecule has 3 heterocycles. The predicted octanol–water partition coefficient (Wildman–Crippen LogP) is 7.38. The van der Waals surface area contributed by atoms with Crippen LogP contribution in [0.3, 0.4) is 0 Å². The van der Waals surface area contributed by atoms with Gasteiger partial charge in [-0.25, -0.2) is 4.98 Å². The Bertz CT molecular complexity index is 2390. The highest BCUT2D eigenvalue weighted by atomic mass is 16.5. The van der Waals surface area contributed by atoms with Crippen molar-refractivity contribution in [3.8, 4) is 5.75 Å². The largest absolute Gasteiger partial charge is 0.497 e. The molecule has 8 nitrogen and oxygen atoms in total. The lowest BCUT2D eigenvalue weighted by Gasteiger charge is -2.21. The maximum absolute atomic E-state index is 14.0. The number of hydrogen-bond acceptors (Lipinski definition) is 5. The van der Waals surface area contributed by atoms with Gasteiger partial charge in [0.1, 0.15) is 11.6 Å². The summed E-state index contributed by atoms with van der Waals surface area (Å²) in [5.41, 5.74) is 6.94. The molecule has 1 atom stereocenters. The van der Waals surface area contributed by atoms with Gasteiger partial charge in [0.15, 0.2) is 0 Å². The zero-order chi connectivity index (χ0) is 31.0. The number of amides is 1. The molecule has 0 radical (unpaired) electrons. The molecule has 5 aromatic carbocycles. The molecule has 46 heavy (non-hydrogen) atoms. The molecule has 0 bridgehead atoms. The highest BCUT2D eigenvalue weighted by molar-refractivity contribution is 5.97. The third kappa shape index (κ3) is 5.09. The van der Waals surface area contributed by atoms with Crippen LogP contribution in [0.4, 0.5) is 0 Å². The van der Waals surface area contributed by atoms with E-state index in [9.17, 15) is 4.79 Å². The van der Waals surface area contributed by atoms with Crippen LogP contribution in [0.25, 0.3) is 43.7 Å². The lowest BCUT2D eigenvalue weighted by atomic mass is 10.0. The first-order valence-corrected chi connectivity index (χ1v) is 15.2. The summed E-state index contributed by atoms with van der Waals surface area (Å²) in [5.74, 6) is 1.29. The number of imidazole rings is 1. The number of methoxy groups -OCH3 is 1. The number of carbonyl (C=O) groups is 1. The Hall–Kier alpha value is -6.02. The van der Waals surface area contributed by atoms with Crippen molar-refractivity contribution in [1.82, 2.24) is 29.8 Å². The van der Waals surface area contributed by atoms with E-state index in [0.717, 1.165) is 50.2 Å². The molecule has 0 saturated heterocycles. The van der Waals surface area contributed by atoms with Gasteiger partial charge in [0, 0.05) is 54.1 Å². The van der Waals surface area contributed by atoms with Crippen LogP contribution in [0.2, 0.25) is 0 Å². The number of aromatic amines is 1. The topological polar surface area (TPSA) is 97.7 Å². The summed E-state index contributed by atoms with van der Waals surface area (Å²) in [6.45, 7) is 0.565. The number of hydrogen-bond donors (Lipinski definition) is 2. The van der Waals surface area contributed by atoms with Crippen LogP contribution in [-0.2, 0) is 13.0 Å². The second kappa shape index (κ2) is 11.5. The van der Waals surface area contributed by atoms with E-state index in [0.29, 0.717) is 24.0 Å². The summed E-state index contributed by atoms with van der Waals surface area (Å²) >= 11 is 0. The molecule has 2 N–H and O–H groups in total. The molecule has 0 fully saturated rings. The smallest absolute Gasteiger partial charge is 0.251 e. The number of para-hydroxylation sites is 1. The second-order valence-electron chi connectivity index (χ2n) is 11.4. The molecular weight excluding hydrogens is 572 g/mol. The summed E-state index contributed by atoms with van der Waals surface area (Å²) in [6.07, 6.45) is 5.83.